The lowest BCUT2D eigenvalue weighted by atomic mass is 10.2. The van der Waals surface area contributed by atoms with Crippen LogP contribution in [0.5, 0.6) is 0 Å². The van der Waals surface area contributed by atoms with Crippen molar-refractivity contribution in [2.75, 3.05) is 5.32 Å². The Morgan fingerprint density at radius 2 is 1.93 bits per heavy atom. The molecule has 4 aromatic rings. The summed E-state index contributed by atoms with van der Waals surface area (Å²) < 4.78 is 0. The van der Waals surface area contributed by atoms with Crippen molar-refractivity contribution < 1.29 is 0 Å². The van der Waals surface area contributed by atoms with Crippen molar-refractivity contribution in [3.63, 3.8) is 0 Å². The molecular weight excluding hydrogens is 378 g/mol. The van der Waals surface area contributed by atoms with Gasteiger partial charge in [-0.05, 0) is 54.9 Å². The third-order valence-electron chi connectivity index (χ3n) is 4.43. The fourth-order valence-corrected chi connectivity index (χ4v) is 4.03. The molecule has 0 aliphatic heterocycles. The number of aromatic nitrogens is 4. The van der Waals surface area contributed by atoms with Crippen LogP contribution in [0.15, 0.2) is 64.6 Å². The molecular formula is C20H16ClN5S. The second-order valence-electron chi connectivity index (χ2n) is 6.54. The molecule has 134 valence electrons. The minimum absolute atomic E-state index is 0.605. The number of anilines is 2. The standard InChI is InChI=1S/C20H16ClN5S/c21-13-4-3-5-14(10-13)27-20-22-16-7-2-1-6-15(16)19(24-20)23-18-11-17(25-26-18)12-8-9-12/h1-7,10-12H,8-9H2,(H2,22,23,24,25,26). The highest BCUT2D eigenvalue weighted by Crippen LogP contribution is 2.40. The predicted octanol–water partition coefficient (Wildman–Crippen LogP) is 5.78. The van der Waals surface area contributed by atoms with Crippen LogP contribution in [0.2, 0.25) is 5.02 Å². The first kappa shape index (κ1) is 16.6. The van der Waals surface area contributed by atoms with Gasteiger partial charge in [-0.1, -0.05) is 29.8 Å². The van der Waals surface area contributed by atoms with E-state index in [9.17, 15) is 0 Å². The maximum atomic E-state index is 6.10. The number of halogens is 1. The Balaban J connectivity index is 1.51. The summed E-state index contributed by atoms with van der Waals surface area (Å²) in [5, 5.41) is 13.2. The molecule has 0 spiro atoms. The topological polar surface area (TPSA) is 66.5 Å². The second kappa shape index (κ2) is 6.87. The molecule has 0 amide bonds. The number of para-hydroxylation sites is 1. The summed E-state index contributed by atoms with van der Waals surface area (Å²) in [6.07, 6.45) is 2.45. The molecule has 27 heavy (non-hydrogen) atoms. The Morgan fingerprint density at radius 3 is 2.78 bits per heavy atom. The first-order valence-corrected chi connectivity index (χ1v) is 9.96. The third-order valence-corrected chi connectivity index (χ3v) is 5.52. The van der Waals surface area contributed by atoms with Crippen molar-refractivity contribution in [1.29, 1.82) is 0 Å². The van der Waals surface area contributed by atoms with E-state index in [0.29, 0.717) is 16.1 Å². The van der Waals surface area contributed by atoms with E-state index in [0.717, 1.165) is 33.1 Å². The smallest absolute Gasteiger partial charge is 0.195 e. The summed E-state index contributed by atoms with van der Waals surface area (Å²) in [7, 11) is 0. The van der Waals surface area contributed by atoms with Gasteiger partial charge in [0.1, 0.15) is 11.6 Å². The van der Waals surface area contributed by atoms with Crippen molar-refractivity contribution in [2.45, 2.75) is 28.8 Å². The molecule has 2 aromatic heterocycles. The van der Waals surface area contributed by atoms with Gasteiger partial charge in [-0.15, -0.1) is 0 Å². The molecule has 0 radical (unpaired) electrons. The van der Waals surface area contributed by atoms with Crippen LogP contribution < -0.4 is 5.32 Å². The van der Waals surface area contributed by atoms with E-state index in [1.54, 1.807) is 0 Å². The number of aromatic amines is 1. The SMILES string of the molecule is Clc1cccc(Sc2nc(Nc3cc(C4CC4)n[nH]3)c3ccccc3n2)c1. The van der Waals surface area contributed by atoms with Gasteiger partial charge >= 0.3 is 0 Å². The molecule has 0 bridgehead atoms. The average molecular weight is 394 g/mol. The highest BCUT2D eigenvalue weighted by Gasteiger charge is 2.26. The Hall–Kier alpha value is -2.57. The number of fused-ring (bicyclic) bond motifs is 1. The zero-order valence-electron chi connectivity index (χ0n) is 14.3. The van der Waals surface area contributed by atoms with Crippen LogP contribution in [-0.4, -0.2) is 20.2 Å². The van der Waals surface area contributed by atoms with Gasteiger partial charge in [-0.2, -0.15) is 5.10 Å². The molecule has 2 heterocycles. The van der Waals surface area contributed by atoms with Crippen molar-refractivity contribution in [3.8, 4) is 0 Å². The van der Waals surface area contributed by atoms with Crippen molar-refractivity contribution in [2.24, 2.45) is 0 Å². The Labute approximate surface area is 165 Å². The minimum atomic E-state index is 0.605. The van der Waals surface area contributed by atoms with E-state index in [4.69, 9.17) is 16.6 Å². The molecule has 1 fully saturated rings. The van der Waals surface area contributed by atoms with Gasteiger partial charge in [0.2, 0.25) is 0 Å². The normalized spacial score (nSPS) is 13.8. The highest BCUT2D eigenvalue weighted by atomic mass is 35.5. The summed E-state index contributed by atoms with van der Waals surface area (Å²) >= 11 is 7.59. The Kier molecular flexibility index (Phi) is 4.22. The number of nitrogens with one attached hydrogen (secondary N) is 2. The highest BCUT2D eigenvalue weighted by molar-refractivity contribution is 7.99. The molecule has 2 aromatic carbocycles. The van der Waals surface area contributed by atoms with Crippen LogP contribution in [0, 0.1) is 0 Å². The number of hydrogen-bond donors (Lipinski definition) is 2. The lowest BCUT2D eigenvalue weighted by Crippen LogP contribution is -1.99. The molecule has 1 aliphatic rings. The zero-order chi connectivity index (χ0) is 18.2. The average Bonchev–Trinajstić information content (AvgIpc) is 3.41. The van der Waals surface area contributed by atoms with Crippen LogP contribution in [0.4, 0.5) is 11.6 Å². The molecule has 1 aliphatic carbocycles. The maximum absolute atomic E-state index is 6.10. The molecule has 7 heteroatoms. The lowest BCUT2D eigenvalue weighted by Gasteiger charge is -2.09. The van der Waals surface area contributed by atoms with Crippen molar-refractivity contribution in [1.82, 2.24) is 20.2 Å². The Morgan fingerprint density at radius 1 is 1.04 bits per heavy atom. The zero-order valence-corrected chi connectivity index (χ0v) is 15.9. The monoisotopic (exact) mass is 393 g/mol. The van der Waals surface area contributed by atoms with E-state index < -0.39 is 0 Å². The molecule has 0 saturated heterocycles. The van der Waals surface area contributed by atoms with Gasteiger partial charge in [-0.25, -0.2) is 9.97 Å². The van der Waals surface area contributed by atoms with Crippen LogP contribution in [0.25, 0.3) is 10.9 Å². The Bertz CT molecular complexity index is 1120. The first-order chi connectivity index (χ1) is 13.2. The van der Waals surface area contributed by atoms with E-state index in [-0.39, 0.29) is 0 Å². The summed E-state index contributed by atoms with van der Waals surface area (Å²) in [5.41, 5.74) is 2.01. The quantitative estimate of drug-likeness (QED) is 0.421. The van der Waals surface area contributed by atoms with Gasteiger partial charge in [0.25, 0.3) is 0 Å². The number of nitrogens with zero attached hydrogens (tertiary/aromatic N) is 3. The molecule has 2 N–H and O–H groups in total. The molecule has 1 saturated carbocycles. The fourth-order valence-electron chi connectivity index (χ4n) is 2.95. The number of hydrogen-bond acceptors (Lipinski definition) is 5. The van der Waals surface area contributed by atoms with E-state index in [1.807, 2.05) is 48.5 Å². The van der Waals surface area contributed by atoms with E-state index >= 15 is 0 Å². The van der Waals surface area contributed by atoms with Gasteiger partial charge in [0.05, 0.1) is 11.2 Å². The second-order valence-corrected chi connectivity index (χ2v) is 8.01. The molecule has 5 nitrogen and oxygen atoms in total. The largest absolute Gasteiger partial charge is 0.325 e. The van der Waals surface area contributed by atoms with Crippen molar-refractivity contribution >= 4 is 45.9 Å². The van der Waals surface area contributed by atoms with Crippen LogP contribution in [-0.2, 0) is 0 Å². The number of benzene rings is 2. The van der Waals surface area contributed by atoms with Gasteiger partial charge in [0.15, 0.2) is 5.16 Å². The predicted molar refractivity (Wildman–Crippen MR) is 109 cm³/mol. The number of H-pyrrole nitrogens is 1. The van der Waals surface area contributed by atoms with Crippen LogP contribution >= 0.6 is 23.4 Å². The van der Waals surface area contributed by atoms with Crippen molar-refractivity contribution in [3.05, 3.63) is 65.3 Å². The van der Waals surface area contributed by atoms with Crippen LogP contribution in [0.1, 0.15) is 24.5 Å². The molecule has 0 unspecified atom stereocenters. The summed E-state index contributed by atoms with van der Waals surface area (Å²) in [5.74, 6) is 2.21. The molecule has 5 rings (SSSR count). The lowest BCUT2D eigenvalue weighted by molar-refractivity contribution is 0.964. The van der Waals surface area contributed by atoms with E-state index in [2.05, 4.69) is 26.6 Å². The minimum Gasteiger partial charge on any atom is -0.325 e. The van der Waals surface area contributed by atoms with Gasteiger partial charge in [-0.3, -0.25) is 5.10 Å². The summed E-state index contributed by atoms with van der Waals surface area (Å²) in [6.45, 7) is 0. The van der Waals surface area contributed by atoms with Crippen LogP contribution in [0.3, 0.4) is 0 Å². The van der Waals surface area contributed by atoms with Gasteiger partial charge < -0.3 is 5.32 Å². The first-order valence-electron chi connectivity index (χ1n) is 8.77. The molecule has 0 atom stereocenters. The third kappa shape index (κ3) is 3.63. The number of rotatable bonds is 5. The fraction of sp³-hybridized carbons (Fsp3) is 0.150. The van der Waals surface area contributed by atoms with E-state index in [1.165, 1.54) is 24.6 Å². The summed E-state index contributed by atoms with van der Waals surface area (Å²) in [4.78, 5) is 10.4. The maximum Gasteiger partial charge on any atom is 0.195 e. The summed E-state index contributed by atoms with van der Waals surface area (Å²) in [6, 6.07) is 17.7. The van der Waals surface area contributed by atoms with Gasteiger partial charge in [0, 0.05) is 27.3 Å².